The van der Waals surface area contributed by atoms with Crippen molar-refractivity contribution in [2.75, 3.05) is 46.0 Å². The molecule has 0 radical (unpaired) electrons. The summed E-state index contributed by atoms with van der Waals surface area (Å²) in [5.74, 6) is 0.285. The zero-order chi connectivity index (χ0) is 25.2. The van der Waals surface area contributed by atoms with Crippen molar-refractivity contribution in [1.29, 1.82) is 0 Å². The monoisotopic (exact) mass is 529 g/mol. The summed E-state index contributed by atoms with van der Waals surface area (Å²) in [5, 5.41) is 12.5. The number of para-hydroxylation sites is 1. The predicted octanol–water partition coefficient (Wildman–Crippen LogP) is 3.66. The minimum absolute atomic E-state index is 0. The van der Waals surface area contributed by atoms with E-state index < -0.39 is 5.91 Å². The summed E-state index contributed by atoms with van der Waals surface area (Å²) in [6.07, 6.45) is 3.98. The number of hydrogen-bond acceptors (Lipinski definition) is 7. The van der Waals surface area contributed by atoms with Gasteiger partial charge in [-0.25, -0.2) is 5.48 Å². The summed E-state index contributed by atoms with van der Waals surface area (Å²) in [7, 11) is 0. The second-order valence-electron chi connectivity index (χ2n) is 8.52. The molecule has 10 heteroatoms. The first-order valence-corrected chi connectivity index (χ1v) is 12.1. The lowest BCUT2D eigenvalue weighted by molar-refractivity contribution is -0.116. The average molecular weight is 530 g/mol. The molecule has 0 atom stereocenters. The van der Waals surface area contributed by atoms with E-state index >= 15 is 0 Å². The van der Waals surface area contributed by atoms with Crippen LogP contribution in [-0.2, 0) is 9.53 Å². The fraction of sp³-hybridized carbons (Fsp3) is 0.333. The average Bonchev–Trinajstić information content (AvgIpc) is 3.58. The molecule has 3 aromatic rings. The number of amides is 2. The summed E-state index contributed by atoms with van der Waals surface area (Å²) in [6.45, 7) is 4.50. The number of carbonyl (C=O) groups is 2. The van der Waals surface area contributed by atoms with Gasteiger partial charge in [-0.15, -0.1) is 12.4 Å². The van der Waals surface area contributed by atoms with Gasteiger partial charge in [0.1, 0.15) is 23.7 Å². The molecule has 198 valence electrons. The highest BCUT2D eigenvalue weighted by molar-refractivity contribution is 5.96. The Morgan fingerprint density at radius 1 is 1.05 bits per heavy atom. The Hall–Kier alpha value is -3.37. The second kappa shape index (κ2) is 14.4. The molecule has 2 amide bonds. The third-order valence-corrected chi connectivity index (χ3v) is 5.94. The number of rotatable bonds is 12. The first-order valence-electron chi connectivity index (χ1n) is 12.1. The van der Waals surface area contributed by atoms with E-state index in [0.29, 0.717) is 29.3 Å². The molecule has 1 aliphatic rings. The van der Waals surface area contributed by atoms with Gasteiger partial charge in [-0.2, -0.15) is 0 Å². The first kappa shape index (κ1) is 28.2. The maximum absolute atomic E-state index is 12.6. The maximum atomic E-state index is 12.6. The number of furan rings is 1. The van der Waals surface area contributed by atoms with Gasteiger partial charge in [0.15, 0.2) is 0 Å². The van der Waals surface area contributed by atoms with Crippen LogP contribution in [0, 0.1) is 0 Å². The Morgan fingerprint density at radius 2 is 1.81 bits per heavy atom. The molecular weight excluding hydrogens is 498 g/mol. The standard InChI is InChI=1S/C27H31N3O6.ClH/c31-26(28-11-15-35-23-9-7-20(8-10-23)27(32)29-33)18-22(19-34-16-14-30-12-3-4-13-30)25-17-21-5-1-2-6-24(21)36-25;/h1-2,5-10,17-18,33H,3-4,11-16,19H2,(H,28,31)(H,29,32);1H. The Kier molecular flexibility index (Phi) is 11.0. The number of likely N-dealkylation sites (tertiary alicyclic amines) is 1. The van der Waals surface area contributed by atoms with E-state index in [-0.39, 0.29) is 38.1 Å². The van der Waals surface area contributed by atoms with Crippen molar-refractivity contribution in [1.82, 2.24) is 15.7 Å². The van der Waals surface area contributed by atoms with Gasteiger partial charge in [0, 0.05) is 29.1 Å². The molecule has 4 rings (SSSR count). The smallest absolute Gasteiger partial charge is 0.274 e. The van der Waals surface area contributed by atoms with Crippen molar-refractivity contribution in [3.63, 3.8) is 0 Å². The molecule has 9 nitrogen and oxygen atoms in total. The topological polar surface area (TPSA) is 113 Å². The second-order valence-corrected chi connectivity index (χ2v) is 8.52. The highest BCUT2D eigenvalue weighted by Gasteiger charge is 2.14. The number of benzene rings is 2. The maximum Gasteiger partial charge on any atom is 0.274 e. The van der Waals surface area contributed by atoms with Crippen molar-refractivity contribution >= 4 is 40.8 Å². The number of halogens is 1. The molecule has 1 saturated heterocycles. The highest BCUT2D eigenvalue weighted by atomic mass is 35.5. The molecule has 2 aromatic carbocycles. The Morgan fingerprint density at radius 3 is 2.54 bits per heavy atom. The number of nitrogens with zero attached hydrogens (tertiary/aromatic N) is 1. The van der Waals surface area contributed by atoms with E-state index in [1.165, 1.54) is 31.1 Å². The van der Waals surface area contributed by atoms with Crippen LogP contribution < -0.4 is 15.5 Å². The Labute approximate surface area is 221 Å². The SMILES string of the molecule is Cl.O=C(C=C(COCCN1CCCC1)c1cc2ccccc2o1)NCCOc1ccc(C(=O)NO)cc1. The van der Waals surface area contributed by atoms with Crippen molar-refractivity contribution in [2.24, 2.45) is 0 Å². The van der Waals surface area contributed by atoms with Crippen LogP contribution in [-0.4, -0.2) is 67.9 Å². The van der Waals surface area contributed by atoms with E-state index in [1.54, 1.807) is 17.6 Å². The van der Waals surface area contributed by atoms with Gasteiger partial charge < -0.3 is 24.1 Å². The number of ether oxygens (including phenoxy) is 2. The van der Waals surface area contributed by atoms with E-state index in [1.807, 2.05) is 30.3 Å². The molecule has 0 unspecified atom stereocenters. The van der Waals surface area contributed by atoms with Crippen LogP contribution >= 0.6 is 12.4 Å². The molecule has 0 saturated carbocycles. The molecule has 1 fully saturated rings. The van der Waals surface area contributed by atoms with Gasteiger partial charge >= 0.3 is 0 Å². The van der Waals surface area contributed by atoms with Gasteiger partial charge in [-0.3, -0.25) is 14.8 Å². The van der Waals surface area contributed by atoms with Crippen molar-refractivity contribution < 1.29 is 28.7 Å². The summed E-state index contributed by atoms with van der Waals surface area (Å²) in [4.78, 5) is 26.4. The Balaban J connectivity index is 0.00000380. The molecule has 1 aliphatic heterocycles. The van der Waals surface area contributed by atoms with E-state index in [0.717, 1.165) is 30.6 Å². The fourth-order valence-electron chi connectivity index (χ4n) is 4.03. The lowest BCUT2D eigenvalue weighted by atomic mass is 10.1. The Bertz CT molecular complexity index is 1160. The third kappa shape index (κ3) is 8.33. The van der Waals surface area contributed by atoms with Crippen LogP contribution in [0.3, 0.4) is 0 Å². The van der Waals surface area contributed by atoms with Crippen LogP contribution in [0.2, 0.25) is 0 Å². The van der Waals surface area contributed by atoms with Crippen LogP contribution in [0.5, 0.6) is 5.75 Å². The molecule has 2 heterocycles. The number of hydroxylamine groups is 1. The largest absolute Gasteiger partial charge is 0.492 e. The van der Waals surface area contributed by atoms with E-state index in [4.69, 9.17) is 19.1 Å². The first-order chi connectivity index (χ1) is 17.6. The minimum atomic E-state index is -0.596. The third-order valence-electron chi connectivity index (χ3n) is 5.94. The van der Waals surface area contributed by atoms with Gasteiger partial charge in [-0.05, 0) is 62.3 Å². The van der Waals surface area contributed by atoms with Gasteiger partial charge in [0.2, 0.25) is 5.91 Å². The number of nitrogens with one attached hydrogen (secondary N) is 2. The number of carbonyl (C=O) groups excluding carboxylic acids is 2. The quantitative estimate of drug-likeness (QED) is 0.142. The molecule has 3 N–H and O–H groups in total. The lowest BCUT2D eigenvalue weighted by Gasteiger charge is -2.14. The molecule has 37 heavy (non-hydrogen) atoms. The van der Waals surface area contributed by atoms with Crippen molar-refractivity contribution in [3.8, 4) is 5.75 Å². The van der Waals surface area contributed by atoms with E-state index in [2.05, 4.69) is 10.2 Å². The predicted molar refractivity (Wildman–Crippen MR) is 142 cm³/mol. The van der Waals surface area contributed by atoms with Crippen LogP contribution in [0.25, 0.3) is 16.5 Å². The van der Waals surface area contributed by atoms with Gasteiger partial charge in [0.25, 0.3) is 5.91 Å². The van der Waals surface area contributed by atoms with E-state index in [9.17, 15) is 9.59 Å². The van der Waals surface area contributed by atoms with Crippen molar-refractivity contribution in [2.45, 2.75) is 12.8 Å². The van der Waals surface area contributed by atoms with Crippen LogP contribution in [0.1, 0.15) is 29.0 Å². The zero-order valence-corrected chi connectivity index (χ0v) is 21.3. The van der Waals surface area contributed by atoms with Crippen LogP contribution in [0.4, 0.5) is 0 Å². The number of hydrogen-bond donors (Lipinski definition) is 3. The molecular formula is C27H32ClN3O6. The van der Waals surface area contributed by atoms with Crippen molar-refractivity contribution in [3.05, 3.63) is 72.0 Å². The fourth-order valence-corrected chi connectivity index (χ4v) is 4.03. The zero-order valence-electron chi connectivity index (χ0n) is 20.5. The minimum Gasteiger partial charge on any atom is -0.492 e. The number of fused-ring (bicyclic) bond motifs is 1. The molecule has 0 bridgehead atoms. The summed E-state index contributed by atoms with van der Waals surface area (Å²) >= 11 is 0. The molecule has 0 spiro atoms. The summed E-state index contributed by atoms with van der Waals surface area (Å²) in [5.41, 5.74) is 3.31. The summed E-state index contributed by atoms with van der Waals surface area (Å²) < 4.78 is 17.5. The molecule has 0 aliphatic carbocycles. The normalized spacial score (nSPS) is 13.8. The van der Waals surface area contributed by atoms with Gasteiger partial charge in [0.05, 0.1) is 19.8 Å². The van der Waals surface area contributed by atoms with Gasteiger partial charge in [-0.1, -0.05) is 18.2 Å². The molecule has 1 aromatic heterocycles. The summed E-state index contributed by atoms with van der Waals surface area (Å²) in [6, 6.07) is 15.9. The van der Waals surface area contributed by atoms with Crippen LogP contribution in [0.15, 0.2) is 65.1 Å². The highest BCUT2D eigenvalue weighted by Crippen LogP contribution is 2.25. The lowest BCUT2D eigenvalue weighted by Crippen LogP contribution is -2.27.